The fourth-order valence-electron chi connectivity index (χ4n) is 4.64. The molecule has 1 aliphatic rings. The second kappa shape index (κ2) is 11.3. The van der Waals surface area contributed by atoms with Crippen LogP contribution in [0.2, 0.25) is 5.02 Å². The number of anilines is 1. The Morgan fingerprint density at radius 2 is 1.67 bits per heavy atom. The van der Waals surface area contributed by atoms with Crippen LogP contribution in [-0.4, -0.2) is 16.5 Å². The van der Waals surface area contributed by atoms with Crippen molar-refractivity contribution in [3.63, 3.8) is 0 Å². The van der Waals surface area contributed by atoms with Gasteiger partial charge in [-0.05, 0) is 78.6 Å². The van der Waals surface area contributed by atoms with E-state index in [4.69, 9.17) is 21.4 Å². The number of amidine groups is 1. The van der Waals surface area contributed by atoms with Gasteiger partial charge in [-0.25, -0.2) is 9.40 Å². The first kappa shape index (κ1) is 26.4. The molecule has 0 aliphatic carbocycles. The van der Waals surface area contributed by atoms with E-state index in [-0.39, 0.29) is 18.2 Å². The van der Waals surface area contributed by atoms with Crippen LogP contribution in [0.5, 0.6) is 5.75 Å². The largest absolute Gasteiger partial charge is 0.488 e. The maximum Gasteiger partial charge on any atom is 0.196 e. The van der Waals surface area contributed by atoms with Crippen molar-refractivity contribution >= 4 is 28.9 Å². The molecule has 198 valence electrons. The number of aryl methyl sites for hydroxylation is 2. The number of benzene rings is 4. The summed E-state index contributed by atoms with van der Waals surface area (Å²) in [4.78, 5) is 14.9. The first-order chi connectivity index (χ1) is 18.8. The molecule has 0 radical (unpaired) electrons. The first-order valence-corrected chi connectivity index (χ1v) is 13.1. The van der Waals surface area contributed by atoms with Gasteiger partial charge in [0, 0.05) is 24.1 Å². The van der Waals surface area contributed by atoms with Gasteiger partial charge < -0.3 is 9.64 Å². The fourth-order valence-corrected chi connectivity index (χ4v) is 4.82. The molecule has 0 amide bonds. The lowest BCUT2D eigenvalue weighted by Gasteiger charge is -2.33. The number of ketones is 1. The number of hydrogen-bond donors (Lipinski definition) is 0. The SMILES string of the molecule is CC(=O)C1=NN(c2ccc(C)c(C)c2)C(c2cc(Cl)ccc2OCc2ccc(F)cc2)N1Cc1ccccc1. The Morgan fingerprint density at radius 3 is 2.36 bits per heavy atom. The first-order valence-electron chi connectivity index (χ1n) is 12.7. The molecule has 0 fully saturated rings. The second-order valence-electron chi connectivity index (χ2n) is 9.68. The maximum atomic E-state index is 13.4. The summed E-state index contributed by atoms with van der Waals surface area (Å²) in [6.07, 6.45) is -0.506. The number of nitrogens with zero attached hydrogens (tertiary/aromatic N) is 3. The lowest BCUT2D eigenvalue weighted by Crippen LogP contribution is -2.37. The highest BCUT2D eigenvalue weighted by Crippen LogP contribution is 2.42. The zero-order chi connectivity index (χ0) is 27.5. The van der Waals surface area contributed by atoms with Crippen LogP contribution in [-0.2, 0) is 17.9 Å². The minimum Gasteiger partial charge on any atom is -0.488 e. The van der Waals surface area contributed by atoms with Crippen molar-refractivity contribution in [2.75, 3.05) is 5.01 Å². The molecule has 0 spiro atoms. The summed E-state index contributed by atoms with van der Waals surface area (Å²) in [5.74, 6) is 0.511. The molecule has 0 N–H and O–H groups in total. The molecule has 7 heteroatoms. The molecule has 0 saturated carbocycles. The Morgan fingerprint density at radius 1 is 0.923 bits per heavy atom. The van der Waals surface area contributed by atoms with Gasteiger partial charge >= 0.3 is 0 Å². The number of ether oxygens (including phenoxy) is 1. The Labute approximate surface area is 233 Å². The van der Waals surface area contributed by atoms with E-state index in [2.05, 4.69) is 26.0 Å². The van der Waals surface area contributed by atoms with E-state index in [1.165, 1.54) is 19.1 Å². The smallest absolute Gasteiger partial charge is 0.196 e. The van der Waals surface area contributed by atoms with Gasteiger partial charge in [0.15, 0.2) is 17.8 Å². The Balaban J connectivity index is 1.61. The molecule has 1 atom stereocenters. The van der Waals surface area contributed by atoms with Crippen molar-refractivity contribution < 1.29 is 13.9 Å². The summed E-state index contributed by atoms with van der Waals surface area (Å²) in [7, 11) is 0. The van der Waals surface area contributed by atoms with Gasteiger partial charge in [-0.2, -0.15) is 0 Å². The van der Waals surface area contributed by atoms with E-state index in [0.29, 0.717) is 23.2 Å². The summed E-state index contributed by atoms with van der Waals surface area (Å²) in [6, 6.07) is 27.8. The number of halogens is 2. The molecule has 1 aliphatic heterocycles. The van der Waals surface area contributed by atoms with Gasteiger partial charge in [0.2, 0.25) is 0 Å². The van der Waals surface area contributed by atoms with Crippen LogP contribution in [0.4, 0.5) is 10.1 Å². The summed E-state index contributed by atoms with van der Waals surface area (Å²) < 4.78 is 19.7. The molecule has 0 saturated heterocycles. The standard InChI is InChI=1S/C32H29ClFN3O2/c1-21-9-15-28(17-22(21)2)37-32(36(31(35-37)23(3)38)19-24-7-5-4-6-8-24)29-18-26(33)12-16-30(29)39-20-25-10-13-27(34)14-11-25/h4-18,32H,19-20H2,1-3H3. The van der Waals surface area contributed by atoms with Crippen LogP contribution in [0.25, 0.3) is 0 Å². The van der Waals surface area contributed by atoms with E-state index in [9.17, 15) is 9.18 Å². The highest BCUT2D eigenvalue weighted by atomic mass is 35.5. The predicted octanol–water partition coefficient (Wildman–Crippen LogP) is 7.60. The number of hydrogen-bond acceptors (Lipinski definition) is 5. The zero-order valence-corrected chi connectivity index (χ0v) is 22.8. The van der Waals surface area contributed by atoms with E-state index in [1.54, 1.807) is 18.2 Å². The van der Waals surface area contributed by atoms with Crippen molar-refractivity contribution in [1.82, 2.24) is 4.90 Å². The molecular weight excluding hydrogens is 513 g/mol. The molecule has 0 bridgehead atoms. The Hall–Kier alpha value is -4.16. The number of rotatable bonds is 8. The van der Waals surface area contributed by atoms with Crippen LogP contribution in [0.1, 0.15) is 40.9 Å². The predicted molar refractivity (Wildman–Crippen MR) is 153 cm³/mol. The number of carbonyl (C=O) groups excluding carboxylic acids is 1. The van der Waals surface area contributed by atoms with Crippen LogP contribution in [0.3, 0.4) is 0 Å². The molecular formula is C32H29ClFN3O2. The van der Waals surface area contributed by atoms with Crippen LogP contribution in [0, 0.1) is 19.7 Å². The molecule has 1 unspecified atom stereocenters. The van der Waals surface area contributed by atoms with Gasteiger partial charge in [-0.15, -0.1) is 5.10 Å². The Bertz CT molecular complexity index is 1520. The average Bonchev–Trinajstić information content (AvgIpc) is 3.30. The van der Waals surface area contributed by atoms with Crippen LogP contribution >= 0.6 is 11.6 Å². The van der Waals surface area contributed by atoms with Crippen LogP contribution in [0.15, 0.2) is 96.1 Å². The third-order valence-electron chi connectivity index (χ3n) is 6.82. The van der Waals surface area contributed by atoms with Crippen molar-refractivity contribution in [3.8, 4) is 5.75 Å². The van der Waals surface area contributed by atoms with Crippen LogP contribution < -0.4 is 9.75 Å². The monoisotopic (exact) mass is 541 g/mol. The van der Waals surface area contributed by atoms with Gasteiger partial charge in [-0.3, -0.25) is 4.79 Å². The van der Waals surface area contributed by atoms with Crippen molar-refractivity contribution in [2.24, 2.45) is 5.10 Å². The molecule has 0 aromatic heterocycles. The molecule has 5 rings (SSSR count). The van der Waals surface area contributed by atoms with E-state index in [1.807, 2.05) is 58.4 Å². The molecule has 4 aromatic carbocycles. The van der Waals surface area contributed by atoms with Crippen molar-refractivity contribution in [3.05, 3.63) is 130 Å². The van der Waals surface area contributed by atoms with Gasteiger partial charge in [0.05, 0.1) is 5.69 Å². The van der Waals surface area contributed by atoms with Gasteiger partial charge in [0.25, 0.3) is 0 Å². The minimum atomic E-state index is -0.506. The van der Waals surface area contributed by atoms with Crippen molar-refractivity contribution in [2.45, 2.75) is 40.1 Å². The molecule has 4 aromatic rings. The molecule has 1 heterocycles. The molecule has 39 heavy (non-hydrogen) atoms. The highest BCUT2D eigenvalue weighted by Gasteiger charge is 2.40. The lowest BCUT2D eigenvalue weighted by molar-refractivity contribution is -0.111. The number of hydrazone groups is 1. The minimum absolute atomic E-state index is 0.141. The summed E-state index contributed by atoms with van der Waals surface area (Å²) in [6.45, 7) is 6.34. The van der Waals surface area contributed by atoms with E-state index in [0.717, 1.165) is 33.5 Å². The van der Waals surface area contributed by atoms with Gasteiger partial charge in [-0.1, -0.05) is 60.1 Å². The third kappa shape index (κ3) is 5.81. The average molecular weight is 542 g/mol. The van der Waals surface area contributed by atoms with Gasteiger partial charge in [0.1, 0.15) is 18.2 Å². The zero-order valence-electron chi connectivity index (χ0n) is 22.1. The second-order valence-corrected chi connectivity index (χ2v) is 10.1. The topological polar surface area (TPSA) is 45.1 Å². The van der Waals surface area contributed by atoms with E-state index < -0.39 is 6.17 Å². The third-order valence-corrected chi connectivity index (χ3v) is 7.06. The highest BCUT2D eigenvalue weighted by molar-refractivity contribution is 6.38. The summed E-state index contributed by atoms with van der Waals surface area (Å²) >= 11 is 6.54. The number of Topliss-reactive ketones (excluding diaryl/α,β-unsaturated/α-hetero) is 1. The quantitative estimate of drug-likeness (QED) is 0.230. The summed E-state index contributed by atoms with van der Waals surface area (Å²) in [5, 5.41) is 7.25. The lowest BCUT2D eigenvalue weighted by atomic mass is 10.1. The maximum absolute atomic E-state index is 13.4. The number of carbonyl (C=O) groups is 1. The normalized spacial score (nSPS) is 14.9. The fraction of sp³-hybridized carbons (Fsp3) is 0.188. The van der Waals surface area contributed by atoms with Crippen molar-refractivity contribution in [1.29, 1.82) is 0 Å². The van der Waals surface area contributed by atoms with E-state index >= 15 is 0 Å². The summed E-state index contributed by atoms with van der Waals surface area (Å²) in [5.41, 5.74) is 5.76. The Kier molecular flexibility index (Phi) is 7.66. The molecule has 5 nitrogen and oxygen atoms in total.